The molecule has 0 spiro atoms. The highest BCUT2D eigenvalue weighted by molar-refractivity contribution is 9.10. The first-order valence-corrected chi connectivity index (χ1v) is 31.1. The Balaban J connectivity index is 1.92. The highest BCUT2D eigenvalue weighted by Crippen LogP contribution is 2.41. The van der Waals surface area contributed by atoms with Gasteiger partial charge in [-0.15, -0.1) is 5.54 Å². The summed E-state index contributed by atoms with van der Waals surface area (Å²) >= 11 is 3.64. The molecule has 0 amide bonds. The molecule has 3 rings (SSSR count). The van der Waals surface area contributed by atoms with E-state index < -0.39 is 8.07 Å². The molecule has 0 atom stereocenters. The first kappa shape index (κ1) is 60.3. The fourth-order valence-electron chi connectivity index (χ4n) is 9.59. The number of hydrogen-bond acceptors (Lipinski definition) is 3. The van der Waals surface area contributed by atoms with Gasteiger partial charge in [-0.3, -0.25) is 0 Å². The summed E-state index contributed by atoms with van der Waals surface area (Å²) in [4.78, 5) is 0. The average Bonchev–Trinajstić information content (AvgIpc) is 3.34. The SMILES string of the molecule is CCCCCCCCCCOc1ccc(C#Cc2ccc(OCCCCCCCCCC)c(C#C[Si](C(C)C)(C(C)C)C(C)C)c2)c(C#CC#Cc2cc(Br)ccc2OCCCCCCCCCC)c1. The molecule has 0 heterocycles. The Morgan fingerprint density at radius 3 is 1.31 bits per heavy atom. The minimum absolute atomic E-state index is 0.538. The molecule has 0 saturated carbocycles. The summed E-state index contributed by atoms with van der Waals surface area (Å²) in [6.45, 7) is 23.1. The van der Waals surface area contributed by atoms with Gasteiger partial charge < -0.3 is 14.2 Å². The van der Waals surface area contributed by atoms with Gasteiger partial charge >= 0.3 is 0 Å². The van der Waals surface area contributed by atoms with Crippen molar-refractivity contribution in [3.8, 4) is 64.2 Å². The van der Waals surface area contributed by atoms with Crippen LogP contribution < -0.4 is 14.2 Å². The normalized spacial score (nSPS) is 11.0. The van der Waals surface area contributed by atoms with E-state index in [1.807, 2.05) is 36.4 Å². The van der Waals surface area contributed by atoms with Crippen molar-refractivity contribution in [1.29, 1.82) is 0 Å². The van der Waals surface area contributed by atoms with Gasteiger partial charge in [-0.2, -0.15) is 0 Å². The van der Waals surface area contributed by atoms with Crippen LogP contribution in [0.1, 0.15) is 244 Å². The molecule has 0 bridgehead atoms. The van der Waals surface area contributed by atoms with Crippen LogP contribution in [0.2, 0.25) is 16.6 Å². The second-order valence-corrected chi connectivity index (χ2v) is 26.9. The molecule has 70 heavy (non-hydrogen) atoms. The first-order valence-electron chi connectivity index (χ1n) is 28.1. The van der Waals surface area contributed by atoms with Crippen molar-refractivity contribution in [3.63, 3.8) is 0 Å². The van der Waals surface area contributed by atoms with Crippen LogP contribution in [-0.2, 0) is 0 Å². The summed E-state index contributed by atoms with van der Waals surface area (Å²) in [5.74, 6) is 26.1. The third-order valence-electron chi connectivity index (χ3n) is 13.8. The van der Waals surface area contributed by atoms with E-state index in [0.29, 0.717) is 36.4 Å². The molecular weight excluding hydrogens is 937 g/mol. The third-order valence-corrected chi connectivity index (χ3v) is 20.6. The standard InChI is InChI=1S/C65H93BrO3Si/c1-10-13-16-19-22-25-28-33-47-67-63-43-41-58(59(53-63)36-31-32-37-60-52-62(66)42-45-65(60)69-49-35-30-27-24-21-18-15-12-3)40-38-57-39-44-64(68-48-34-29-26-23-20-17-14-11-2)61(51-57)46-50-70(54(4)5,55(6)7)56(8)9/h39,41-45,51-56H,10-30,33-35,47-49H2,1-9H3. The predicted molar refractivity (Wildman–Crippen MR) is 309 cm³/mol. The topological polar surface area (TPSA) is 27.7 Å². The fraction of sp³-hybridized carbons (Fsp3) is 0.600. The van der Waals surface area contributed by atoms with Crippen molar-refractivity contribution in [3.05, 3.63) is 86.9 Å². The van der Waals surface area contributed by atoms with Crippen LogP contribution in [-0.4, -0.2) is 27.9 Å². The molecule has 0 N–H and O–H groups in total. The summed E-state index contributed by atoms with van der Waals surface area (Å²) in [5, 5.41) is 0. The van der Waals surface area contributed by atoms with Crippen molar-refractivity contribution in [2.24, 2.45) is 0 Å². The van der Waals surface area contributed by atoms with Crippen molar-refractivity contribution < 1.29 is 14.2 Å². The zero-order valence-electron chi connectivity index (χ0n) is 45.6. The lowest BCUT2D eigenvalue weighted by atomic mass is 10.1. The number of ether oxygens (including phenoxy) is 3. The molecule has 0 fully saturated rings. The molecule has 0 aromatic heterocycles. The van der Waals surface area contributed by atoms with Gasteiger partial charge in [-0.25, -0.2) is 0 Å². The average molecular weight is 1030 g/mol. The van der Waals surface area contributed by atoms with E-state index >= 15 is 0 Å². The smallest absolute Gasteiger partial charge is 0.146 e. The van der Waals surface area contributed by atoms with Gasteiger partial charge in [-0.1, -0.05) is 237 Å². The molecule has 3 aromatic carbocycles. The van der Waals surface area contributed by atoms with Crippen LogP contribution in [0.4, 0.5) is 0 Å². The van der Waals surface area contributed by atoms with Gasteiger partial charge in [0.05, 0.1) is 30.9 Å². The Bertz CT molecular complexity index is 2150. The summed E-state index contributed by atoms with van der Waals surface area (Å²) in [6, 6.07) is 18.4. The number of halogens is 1. The van der Waals surface area contributed by atoms with E-state index in [0.717, 1.165) is 68.8 Å². The summed E-state index contributed by atoms with van der Waals surface area (Å²) in [7, 11) is -1.98. The fourth-order valence-corrected chi connectivity index (χ4v) is 15.2. The summed E-state index contributed by atoms with van der Waals surface area (Å²) in [6.07, 6.45) is 30.4. The van der Waals surface area contributed by atoms with Crippen LogP contribution >= 0.6 is 15.9 Å². The Kier molecular flexibility index (Phi) is 31.7. The molecule has 0 unspecified atom stereocenters. The zero-order valence-corrected chi connectivity index (χ0v) is 48.2. The maximum absolute atomic E-state index is 6.51. The van der Waals surface area contributed by atoms with E-state index in [9.17, 15) is 0 Å². The molecule has 0 aliphatic rings. The van der Waals surface area contributed by atoms with Gasteiger partial charge in [0.15, 0.2) is 0 Å². The van der Waals surface area contributed by atoms with E-state index in [1.165, 1.54) is 135 Å². The third kappa shape index (κ3) is 23.5. The van der Waals surface area contributed by atoms with Gasteiger partial charge in [0, 0.05) is 21.2 Å². The molecule has 3 aromatic rings. The zero-order chi connectivity index (χ0) is 50.7. The number of hydrogen-bond donors (Lipinski definition) is 0. The first-order chi connectivity index (χ1) is 34.0. The van der Waals surface area contributed by atoms with E-state index in [4.69, 9.17) is 14.2 Å². The molecule has 382 valence electrons. The van der Waals surface area contributed by atoms with Crippen molar-refractivity contribution in [1.82, 2.24) is 0 Å². The number of rotatable bonds is 33. The van der Waals surface area contributed by atoms with Crippen LogP contribution in [0.3, 0.4) is 0 Å². The van der Waals surface area contributed by atoms with Crippen LogP contribution in [0.25, 0.3) is 0 Å². The predicted octanol–water partition coefficient (Wildman–Crippen LogP) is 19.4. The van der Waals surface area contributed by atoms with Crippen molar-refractivity contribution in [2.45, 2.75) is 233 Å². The van der Waals surface area contributed by atoms with Gasteiger partial charge in [0.2, 0.25) is 0 Å². The Labute approximate surface area is 439 Å². The second-order valence-electron chi connectivity index (χ2n) is 20.4. The molecule has 0 aliphatic carbocycles. The van der Waals surface area contributed by atoms with E-state index in [2.05, 4.69) is 143 Å². The quantitative estimate of drug-likeness (QED) is 0.0346. The molecule has 0 saturated heterocycles. The van der Waals surface area contributed by atoms with E-state index in [1.54, 1.807) is 0 Å². The summed E-state index contributed by atoms with van der Waals surface area (Å²) < 4.78 is 20.0. The van der Waals surface area contributed by atoms with Crippen LogP contribution in [0, 0.1) is 47.0 Å². The van der Waals surface area contributed by atoms with Crippen molar-refractivity contribution in [2.75, 3.05) is 19.8 Å². The van der Waals surface area contributed by atoms with Gasteiger partial charge in [-0.05, 0) is 108 Å². The molecule has 0 radical (unpaired) electrons. The van der Waals surface area contributed by atoms with E-state index in [-0.39, 0.29) is 0 Å². The van der Waals surface area contributed by atoms with Crippen molar-refractivity contribution >= 4 is 24.0 Å². The minimum atomic E-state index is -1.98. The lowest BCUT2D eigenvalue weighted by Crippen LogP contribution is -2.43. The molecule has 0 aliphatic heterocycles. The van der Waals surface area contributed by atoms with Crippen LogP contribution in [0.5, 0.6) is 17.2 Å². The van der Waals surface area contributed by atoms with Crippen LogP contribution in [0.15, 0.2) is 59.1 Å². The number of unbranched alkanes of at least 4 members (excludes halogenated alkanes) is 21. The highest BCUT2D eigenvalue weighted by Gasteiger charge is 2.41. The lowest BCUT2D eigenvalue weighted by molar-refractivity contribution is 0.303. The Hall–Kier alpha value is -4.00. The molecular formula is C65H93BrO3Si. The Morgan fingerprint density at radius 2 is 0.829 bits per heavy atom. The van der Waals surface area contributed by atoms with Gasteiger partial charge in [0.25, 0.3) is 0 Å². The minimum Gasteiger partial charge on any atom is -0.494 e. The maximum Gasteiger partial charge on any atom is 0.146 e. The largest absolute Gasteiger partial charge is 0.494 e. The maximum atomic E-state index is 6.51. The lowest BCUT2D eigenvalue weighted by Gasteiger charge is -2.38. The second kappa shape index (κ2) is 36.8. The highest BCUT2D eigenvalue weighted by atomic mass is 79.9. The Morgan fingerprint density at radius 1 is 0.400 bits per heavy atom. The number of benzene rings is 3. The van der Waals surface area contributed by atoms with Gasteiger partial charge in [0.1, 0.15) is 25.3 Å². The molecule has 5 heteroatoms. The molecule has 3 nitrogen and oxygen atoms in total. The monoisotopic (exact) mass is 1030 g/mol. The summed E-state index contributed by atoms with van der Waals surface area (Å²) in [5.41, 5.74) is 9.85.